The molecule has 0 spiro atoms. The van der Waals surface area contributed by atoms with Crippen LogP contribution in [0.5, 0.6) is 0 Å². The minimum absolute atomic E-state index is 0.0118. The molecule has 6 nitrogen and oxygen atoms in total. The van der Waals surface area contributed by atoms with E-state index in [2.05, 4.69) is 33.0 Å². The Hall–Kier alpha value is -3.02. The maximum Gasteiger partial charge on any atom is 0.251 e. The van der Waals surface area contributed by atoms with Gasteiger partial charge in [-0.1, -0.05) is 19.3 Å². The first-order valence-electron chi connectivity index (χ1n) is 12.4. The molecule has 0 aromatic heterocycles. The molecule has 2 amide bonds. The first kappa shape index (κ1) is 23.1. The Labute approximate surface area is 197 Å². The molecule has 2 aromatic rings. The van der Waals surface area contributed by atoms with Crippen LogP contribution in [-0.2, 0) is 4.79 Å². The fourth-order valence-corrected chi connectivity index (χ4v) is 4.81. The lowest BCUT2D eigenvalue weighted by atomic mass is 9.95. The summed E-state index contributed by atoms with van der Waals surface area (Å²) < 4.78 is 0. The third kappa shape index (κ3) is 6.50. The number of piperidine rings is 1. The van der Waals surface area contributed by atoms with E-state index >= 15 is 0 Å². The highest BCUT2D eigenvalue weighted by Crippen LogP contribution is 2.22. The minimum Gasteiger partial charge on any atom is -0.376 e. The average Bonchev–Trinajstić information content (AvgIpc) is 2.85. The summed E-state index contributed by atoms with van der Waals surface area (Å²) >= 11 is 0. The van der Waals surface area contributed by atoms with E-state index in [4.69, 9.17) is 0 Å². The van der Waals surface area contributed by atoms with Crippen LogP contribution < -0.4 is 20.9 Å². The Bertz CT molecular complexity index is 945. The van der Waals surface area contributed by atoms with Crippen molar-refractivity contribution in [2.24, 2.45) is 0 Å². The first-order valence-corrected chi connectivity index (χ1v) is 12.4. The molecule has 0 bridgehead atoms. The molecule has 4 rings (SSSR count). The molecule has 33 heavy (non-hydrogen) atoms. The number of hydrogen-bond donors (Lipinski definition) is 3. The van der Waals surface area contributed by atoms with Crippen molar-refractivity contribution in [1.29, 1.82) is 0 Å². The predicted octanol–water partition coefficient (Wildman–Crippen LogP) is 5.10. The van der Waals surface area contributed by atoms with Crippen LogP contribution in [0.3, 0.4) is 0 Å². The van der Waals surface area contributed by atoms with Crippen molar-refractivity contribution in [3.05, 3.63) is 53.6 Å². The molecule has 1 aliphatic heterocycles. The van der Waals surface area contributed by atoms with Crippen LogP contribution in [0.4, 0.5) is 17.1 Å². The second-order valence-corrected chi connectivity index (χ2v) is 9.33. The summed E-state index contributed by atoms with van der Waals surface area (Å²) in [6.45, 7) is 4.34. The molecule has 0 unspecified atom stereocenters. The largest absolute Gasteiger partial charge is 0.376 e. The van der Waals surface area contributed by atoms with Gasteiger partial charge in [-0.3, -0.25) is 9.59 Å². The monoisotopic (exact) mass is 448 g/mol. The number of rotatable bonds is 7. The highest BCUT2D eigenvalue weighted by molar-refractivity contribution is 5.96. The Morgan fingerprint density at radius 2 is 1.61 bits per heavy atom. The standard InChI is InChI=1S/C27H36N4O2/c1-20-18-21(27(33)30-22-8-4-2-5-9-22)10-15-25(20)28-19-26(32)29-23-11-13-24(14-12-23)31-16-6-3-7-17-31/h10-15,18,22,28H,2-9,16-17,19H2,1H3,(H,29,32)(H,30,33). The predicted molar refractivity (Wildman–Crippen MR) is 135 cm³/mol. The van der Waals surface area contributed by atoms with Gasteiger partial charge in [0.25, 0.3) is 5.91 Å². The van der Waals surface area contributed by atoms with E-state index in [9.17, 15) is 9.59 Å². The summed E-state index contributed by atoms with van der Waals surface area (Å²) in [5.41, 5.74) is 4.50. The Kier molecular flexibility index (Phi) is 7.87. The highest BCUT2D eigenvalue weighted by atomic mass is 16.2. The molecular weight excluding hydrogens is 412 g/mol. The number of amides is 2. The third-order valence-corrected chi connectivity index (χ3v) is 6.74. The van der Waals surface area contributed by atoms with E-state index < -0.39 is 0 Å². The topological polar surface area (TPSA) is 73.5 Å². The maximum absolute atomic E-state index is 12.6. The normalized spacial score (nSPS) is 16.8. The lowest BCUT2D eigenvalue weighted by Gasteiger charge is -2.28. The van der Waals surface area contributed by atoms with Gasteiger partial charge in [-0.15, -0.1) is 0 Å². The molecule has 2 aromatic carbocycles. The van der Waals surface area contributed by atoms with Gasteiger partial charge in [-0.05, 0) is 87.1 Å². The number of benzene rings is 2. The number of carbonyl (C=O) groups is 2. The van der Waals surface area contributed by atoms with Crippen LogP contribution in [-0.4, -0.2) is 37.5 Å². The zero-order valence-corrected chi connectivity index (χ0v) is 19.7. The fourth-order valence-electron chi connectivity index (χ4n) is 4.81. The fraction of sp³-hybridized carbons (Fsp3) is 0.481. The van der Waals surface area contributed by atoms with Crippen LogP contribution in [0.2, 0.25) is 0 Å². The van der Waals surface area contributed by atoms with Gasteiger partial charge in [0.1, 0.15) is 0 Å². The van der Waals surface area contributed by atoms with Crippen LogP contribution >= 0.6 is 0 Å². The summed E-state index contributed by atoms with van der Waals surface area (Å²) in [6, 6.07) is 14.0. The molecule has 176 valence electrons. The summed E-state index contributed by atoms with van der Waals surface area (Å²) in [4.78, 5) is 27.4. The van der Waals surface area contributed by atoms with Gasteiger partial charge >= 0.3 is 0 Å². The van der Waals surface area contributed by atoms with Gasteiger partial charge in [0.2, 0.25) is 5.91 Å². The zero-order chi connectivity index (χ0) is 23.0. The summed E-state index contributed by atoms with van der Waals surface area (Å²) in [7, 11) is 0. The van der Waals surface area contributed by atoms with Gasteiger partial charge in [0.15, 0.2) is 0 Å². The third-order valence-electron chi connectivity index (χ3n) is 6.74. The second-order valence-electron chi connectivity index (χ2n) is 9.33. The SMILES string of the molecule is Cc1cc(C(=O)NC2CCCCC2)ccc1NCC(=O)Nc1ccc(N2CCCCC2)cc1. The molecule has 0 atom stereocenters. The molecule has 6 heteroatoms. The Morgan fingerprint density at radius 1 is 0.909 bits per heavy atom. The average molecular weight is 449 g/mol. The van der Waals surface area contributed by atoms with E-state index in [0.29, 0.717) is 11.6 Å². The number of hydrogen-bond acceptors (Lipinski definition) is 4. The van der Waals surface area contributed by atoms with Crippen molar-refractivity contribution < 1.29 is 9.59 Å². The summed E-state index contributed by atoms with van der Waals surface area (Å²) in [6.07, 6.45) is 9.60. The first-order chi connectivity index (χ1) is 16.1. The molecular formula is C27H36N4O2. The molecule has 1 aliphatic carbocycles. The quantitative estimate of drug-likeness (QED) is 0.551. The van der Waals surface area contributed by atoms with E-state index in [1.54, 1.807) is 0 Å². The minimum atomic E-state index is -0.0979. The van der Waals surface area contributed by atoms with Crippen molar-refractivity contribution in [3.8, 4) is 0 Å². The van der Waals surface area contributed by atoms with Crippen molar-refractivity contribution in [3.63, 3.8) is 0 Å². The van der Waals surface area contributed by atoms with Crippen LogP contribution in [0, 0.1) is 6.92 Å². The van der Waals surface area contributed by atoms with Crippen LogP contribution in [0.25, 0.3) is 0 Å². The van der Waals surface area contributed by atoms with Crippen LogP contribution in [0.15, 0.2) is 42.5 Å². The molecule has 2 fully saturated rings. The number of carbonyl (C=O) groups excluding carboxylic acids is 2. The molecule has 3 N–H and O–H groups in total. The molecule has 1 heterocycles. The maximum atomic E-state index is 12.6. The molecule has 0 radical (unpaired) electrons. The number of anilines is 3. The number of nitrogens with zero attached hydrogens (tertiary/aromatic N) is 1. The zero-order valence-electron chi connectivity index (χ0n) is 19.7. The lowest BCUT2D eigenvalue weighted by molar-refractivity contribution is -0.114. The molecule has 1 saturated carbocycles. The van der Waals surface area contributed by atoms with E-state index in [0.717, 1.165) is 42.9 Å². The Morgan fingerprint density at radius 3 is 2.30 bits per heavy atom. The highest BCUT2D eigenvalue weighted by Gasteiger charge is 2.17. The Balaban J connectivity index is 1.26. The number of nitrogens with one attached hydrogen (secondary N) is 3. The van der Waals surface area contributed by atoms with Gasteiger partial charge < -0.3 is 20.9 Å². The number of aryl methyl sites for hydroxylation is 1. The lowest BCUT2D eigenvalue weighted by Crippen LogP contribution is -2.36. The van der Waals surface area contributed by atoms with Crippen molar-refractivity contribution in [2.75, 3.05) is 35.2 Å². The van der Waals surface area contributed by atoms with Crippen molar-refractivity contribution in [1.82, 2.24) is 5.32 Å². The van der Waals surface area contributed by atoms with Gasteiger partial charge in [-0.2, -0.15) is 0 Å². The van der Waals surface area contributed by atoms with E-state index in [1.807, 2.05) is 37.3 Å². The van der Waals surface area contributed by atoms with E-state index in [-0.39, 0.29) is 18.4 Å². The summed E-state index contributed by atoms with van der Waals surface area (Å²) in [5, 5.41) is 9.30. The van der Waals surface area contributed by atoms with E-state index in [1.165, 1.54) is 44.2 Å². The van der Waals surface area contributed by atoms with Crippen molar-refractivity contribution >= 4 is 28.9 Å². The second kappa shape index (κ2) is 11.2. The van der Waals surface area contributed by atoms with Gasteiger partial charge in [-0.25, -0.2) is 0 Å². The van der Waals surface area contributed by atoms with Gasteiger partial charge in [0, 0.05) is 41.8 Å². The van der Waals surface area contributed by atoms with Crippen molar-refractivity contribution in [2.45, 2.75) is 64.3 Å². The summed E-state index contributed by atoms with van der Waals surface area (Å²) in [5.74, 6) is -0.110. The molecule has 1 saturated heterocycles. The molecule has 2 aliphatic rings. The van der Waals surface area contributed by atoms with Gasteiger partial charge in [0.05, 0.1) is 6.54 Å². The smallest absolute Gasteiger partial charge is 0.251 e. The van der Waals surface area contributed by atoms with Crippen LogP contribution in [0.1, 0.15) is 67.3 Å².